The van der Waals surface area contributed by atoms with Crippen molar-refractivity contribution < 1.29 is 14.3 Å². The largest absolute Gasteiger partial charge is 0.496 e. The van der Waals surface area contributed by atoms with Crippen LogP contribution in [0.4, 0.5) is 0 Å². The number of benzene rings is 2. The number of hydrogen-bond acceptors (Lipinski definition) is 4. The van der Waals surface area contributed by atoms with E-state index in [0.29, 0.717) is 26.2 Å². The number of amides is 1. The summed E-state index contributed by atoms with van der Waals surface area (Å²) < 4.78 is 10.9. The highest BCUT2D eigenvalue weighted by Crippen LogP contribution is 2.17. The Labute approximate surface area is 149 Å². The quantitative estimate of drug-likeness (QED) is 0.720. The van der Waals surface area contributed by atoms with Gasteiger partial charge < -0.3 is 14.8 Å². The molecule has 0 fully saturated rings. The van der Waals surface area contributed by atoms with E-state index in [0.717, 1.165) is 23.5 Å². The first-order valence-corrected chi connectivity index (χ1v) is 8.44. The van der Waals surface area contributed by atoms with Crippen molar-refractivity contribution in [2.75, 3.05) is 40.4 Å². The van der Waals surface area contributed by atoms with Gasteiger partial charge in [-0.2, -0.15) is 0 Å². The lowest BCUT2D eigenvalue weighted by Crippen LogP contribution is -2.37. The molecule has 0 spiro atoms. The van der Waals surface area contributed by atoms with Crippen molar-refractivity contribution in [3.05, 3.63) is 60.2 Å². The van der Waals surface area contributed by atoms with Gasteiger partial charge in [-0.05, 0) is 37.2 Å². The number of ether oxygens (including phenoxy) is 2. The maximum Gasteiger partial charge on any atom is 0.234 e. The fraction of sp³-hybridized carbons (Fsp3) is 0.350. The predicted octanol–water partition coefficient (Wildman–Crippen LogP) is 2.36. The van der Waals surface area contributed by atoms with E-state index in [-0.39, 0.29) is 5.91 Å². The number of carbonyl (C=O) groups excluding carboxylic acids is 1. The van der Waals surface area contributed by atoms with Gasteiger partial charge in [0.2, 0.25) is 5.91 Å². The molecule has 0 unspecified atom stereocenters. The van der Waals surface area contributed by atoms with Gasteiger partial charge in [-0.15, -0.1) is 0 Å². The highest BCUT2D eigenvalue weighted by molar-refractivity contribution is 5.77. The summed E-state index contributed by atoms with van der Waals surface area (Å²) in [4.78, 5) is 14.0. The molecule has 0 aromatic heterocycles. The topological polar surface area (TPSA) is 50.8 Å². The Hall–Kier alpha value is -2.53. The summed E-state index contributed by atoms with van der Waals surface area (Å²) in [6.45, 7) is 2.18. The highest BCUT2D eigenvalue weighted by atomic mass is 16.5. The molecule has 5 nitrogen and oxygen atoms in total. The molecule has 134 valence electrons. The summed E-state index contributed by atoms with van der Waals surface area (Å²) >= 11 is 0. The van der Waals surface area contributed by atoms with Crippen molar-refractivity contribution in [3.63, 3.8) is 0 Å². The van der Waals surface area contributed by atoms with E-state index in [1.165, 1.54) is 0 Å². The number of rotatable bonds is 10. The van der Waals surface area contributed by atoms with Crippen molar-refractivity contribution >= 4 is 5.91 Å². The fourth-order valence-electron chi connectivity index (χ4n) is 2.46. The number of para-hydroxylation sites is 2. The molecule has 0 radical (unpaired) electrons. The second-order valence-electron chi connectivity index (χ2n) is 5.81. The van der Waals surface area contributed by atoms with Crippen molar-refractivity contribution in [1.82, 2.24) is 10.2 Å². The third kappa shape index (κ3) is 6.85. The van der Waals surface area contributed by atoms with Gasteiger partial charge in [0.25, 0.3) is 0 Å². The van der Waals surface area contributed by atoms with E-state index in [4.69, 9.17) is 9.47 Å². The van der Waals surface area contributed by atoms with Gasteiger partial charge in [-0.3, -0.25) is 9.69 Å². The average molecular weight is 342 g/mol. The number of likely N-dealkylation sites (N-methyl/N-ethyl adjacent to an activating group) is 1. The Bertz CT molecular complexity index is 646. The average Bonchev–Trinajstić information content (AvgIpc) is 2.63. The van der Waals surface area contributed by atoms with Crippen LogP contribution < -0.4 is 14.8 Å². The number of nitrogens with zero attached hydrogens (tertiary/aromatic N) is 1. The first kappa shape index (κ1) is 18.8. The van der Waals surface area contributed by atoms with Crippen molar-refractivity contribution in [1.29, 1.82) is 0 Å². The molecule has 0 heterocycles. The molecule has 0 atom stereocenters. The minimum absolute atomic E-state index is 0.0112. The normalized spacial score (nSPS) is 10.5. The number of methoxy groups -OCH3 is 1. The summed E-state index contributed by atoms with van der Waals surface area (Å²) in [6.07, 6.45) is 0.747. The minimum Gasteiger partial charge on any atom is -0.496 e. The lowest BCUT2D eigenvalue weighted by molar-refractivity contribution is -0.121. The lowest BCUT2D eigenvalue weighted by Gasteiger charge is -2.17. The van der Waals surface area contributed by atoms with Gasteiger partial charge in [0.05, 0.1) is 13.7 Å². The van der Waals surface area contributed by atoms with Gasteiger partial charge in [0.15, 0.2) is 0 Å². The van der Waals surface area contributed by atoms with E-state index in [1.54, 1.807) is 7.11 Å². The van der Waals surface area contributed by atoms with Crippen molar-refractivity contribution in [2.24, 2.45) is 0 Å². The summed E-state index contributed by atoms with van der Waals surface area (Å²) in [5.41, 5.74) is 1.09. The maximum atomic E-state index is 12.0. The molecule has 1 amide bonds. The zero-order valence-electron chi connectivity index (χ0n) is 14.9. The number of nitrogens with one attached hydrogen (secondary N) is 1. The first-order valence-electron chi connectivity index (χ1n) is 8.44. The Morgan fingerprint density at radius 1 is 1.08 bits per heavy atom. The van der Waals surface area contributed by atoms with Gasteiger partial charge in [0.1, 0.15) is 18.1 Å². The third-order valence-electron chi connectivity index (χ3n) is 3.81. The molecular formula is C20H26N2O3. The molecule has 5 heteroatoms. The van der Waals surface area contributed by atoms with Gasteiger partial charge in [-0.1, -0.05) is 36.4 Å². The SMILES string of the molecule is COc1ccccc1CCNC(=O)CN(C)CCOc1ccccc1. The Morgan fingerprint density at radius 3 is 2.56 bits per heavy atom. The van der Waals surface area contributed by atoms with E-state index in [1.807, 2.05) is 66.5 Å². The van der Waals surface area contributed by atoms with Crippen molar-refractivity contribution in [2.45, 2.75) is 6.42 Å². The van der Waals surface area contributed by atoms with Crippen molar-refractivity contribution in [3.8, 4) is 11.5 Å². The third-order valence-corrected chi connectivity index (χ3v) is 3.81. The molecule has 0 aliphatic carbocycles. The van der Waals surface area contributed by atoms with Crippen LogP contribution in [-0.4, -0.2) is 51.2 Å². The van der Waals surface area contributed by atoms with Gasteiger partial charge in [0, 0.05) is 13.1 Å². The van der Waals surface area contributed by atoms with Crippen LogP contribution in [0.15, 0.2) is 54.6 Å². The molecule has 2 aromatic rings. The maximum absolute atomic E-state index is 12.0. The highest BCUT2D eigenvalue weighted by Gasteiger charge is 2.07. The Kier molecular flexibility index (Phi) is 7.79. The minimum atomic E-state index is 0.0112. The second kappa shape index (κ2) is 10.4. The van der Waals surface area contributed by atoms with Crippen LogP contribution in [0.2, 0.25) is 0 Å². The molecule has 0 saturated heterocycles. The molecular weight excluding hydrogens is 316 g/mol. The zero-order valence-corrected chi connectivity index (χ0v) is 14.9. The van der Waals surface area contributed by atoms with Gasteiger partial charge in [-0.25, -0.2) is 0 Å². The summed E-state index contributed by atoms with van der Waals surface area (Å²) in [5.74, 6) is 1.71. The van der Waals surface area contributed by atoms with Crippen LogP contribution in [-0.2, 0) is 11.2 Å². The lowest BCUT2D eigenvalue weighted by atomic mass is 10.1. The first-order chi connectivity index (χ1) is 12.2. The molecule has 1 N–H and O–H groups in total. The zero-order chi connectivity index (χ0) is 17.9. The van der Waals surface area contributed by atoms with E-state index >= 15 is 0 Å². The fourth-order valence-corrected chi connectivity index (χ4v) is 2.46. The monoisotopic (exact) mass is 342 g/mol. The van der Waals surface area contributed by atoms with Gasteiger partial charge >= 0.3 is 0 Å². The van der Waals surface area contributed by atoms with Crippen LogP contribution in [0.5, 0.6) is 11.5 Å². The van der Waals surface area contributed by atoms with E-state index < -0.39 is 0 Å². The number of hydrogen-bond donors (Lipinski definition) is 1. The standard InChI is InChI=1S/C20H26N2O3/c1-22(14-15-25-18-9-4-3-5-10-18)16-20(23)21-13-12-17-8-6-7-11-19(17)24-2/h3-11H,12-16H2,1-2H3,(H,21,23). The van der Waals surface area contributed by atoms with Crippen LogP contribution in [0.25, 0.3) is 0 Å². The predicted molar refractivity (Wildman–Crippen MR) is 99.1 cm³/mol. The van der Waals surface area contributed by atoms with E-state index in [9.17, 15) is 4.79 Å². The number of carbonyl (C=O) groups is 1. The van der Waals surface area contributed by atoms with Crippen LogP contribution in [0.1, 0.15) is 5.56 Å². The van der Waals surface area contributed by atoms with E-state index in [2.05, 4.69) is 5.32 Å². The van der Waals surface area contributed by atoms with Crippen LogP contribution in [0, 0.1) is 0 Å². The summed E-state index contributed by atoms with van der Waals surface area (Å²) in [7, 11) is 3.57. The molecule has 0 aliphatic rings. The second-order valence-corrected chi connectivity index (χ2v) is 5.81. The molecule has 25 heavy (non-hydrogen) atoms. The summed E-state index contributed by atoms with van der Waals surface area (Å²) in [6, 6.07) is 17.5. The Balaban J connectivity index is 1.62. The smallest absolute Gasteiger partial charge is 0.234 e. The molecule has 0 bridgehead atoms. The summed E-state index contributed by atoms with van der Waals surface area (Å²) in [5, 5.41) is 2.94. The van der Waals surface area contributed by atoms with Crippen LogP contribution in [0.3, 0.4) is 0 Å². The van der Waals surface area contributed by atoms with Crippen LogP contribution >= 0.6 is 0 Å². The molecule has 2 aromatic carbocycles. The molecule has 0 aliphatic heterocycles. The Morgan fingerprint density at radius 2 is 1.80 bits per heavy atom. The molecule has 2 rings (SSSR count). The molecule has 0 saturated carbocycles.